The summed E-state index contributed by atoms with van der Waals surface area (Å²) in [5.74, 6) is 0. The van der Waals surface area contributed by atoms with Gasteiger partial charge >= 0.3 is 0 Å². The molecule has 1 heterocycles. The van der Waals surface area contributed by atoms with E-state index in [-0.39, 0.29) is 0 Å². The summed E-state index contributed by atoms with van der Waals surface area (Å²) in [6.07, 6.45) is 7.56. The Labute approximate surface area is 79.1 Å². The summed E-state index contributed by atoms with van der Waals surface area (Å²) < 4.78 is 0. The quantitative estimate of drug-likeness (QED) is 0.386. The number of nitrogens with zero attached hydrogens (tertiary/aromatic N) is 3. The van der Waals surface area contributed by atoms with Crippen LogP contribution in [0.25, 0.3) is 0 Å². The minimum Gasteiger partial charge on any atom is -0.300 e. The number of likely N-dealkylation sites (tertiary alicyclic amines) is 1. The van der Waals surface area contributed by atoms with E-state index in [9.17, 15) is 0 Å². The zero-order chi connectivity index (χ0) is 9.94. The van der Waals surface area contributed by atoms with Crippen molar-refractivity contribution in [2.75, 3.05) is 19.6 Å². The lowest BCUT2D eigenvalue weighted by molar-refractivity contribution is 0.377. The molecular weight excluding hydrogens is 164 g/mol. The largest absolute Gasteiger partial charge is 0.300 e. The van der Waals surface area contributed by atoms with Crippen LogP contribution >= 0.6 is 0 Å². The third kappa shape index (κ3) is 6.86. The van der Waals surface area contributed by atoms with Gasteiger partial charge in [-0.25, -0.2) is 5.32 Å². The number of nitrogens with one attached hydrogen (secondary N) is 1. The van der Waals surface area contributed by atoms with Crippen molar-refractivity contribution in [3.8, 4) is 12.4 Å². The van der Waals surface area contributed by atoms with Crippen LogP contribution in [0.4, 0.5) is 0 Å². The average Bonchev–Trinajstić information content (AvgIpc) is 2.60. The summed E-state index contributed by atoms with van der Waals surface area (Å²) in [4.78, 5) is 2.42. The van der Waals surface area contributed by atoms with Crippen molar-refractivity contribution in [3.63, 3.8) is 0 Å². The van der Waals surface area contributed by atoms with Crippen LogP contribution in [0.3, 0.4) is 0 Å². The van der Waals surface area contributed by atoms with Crippen LogP contribution < -0.4 is 5.32 Å². The second-order valence-corrected chi connectivity index (χ2v) is 2.64. The van der Waals surface area contributed by atoms with Gasteiger partial charge in [0.1, 0.15) is 0 Å². The second kappa shape index (κ2) is 8.58. The monoisotopic (exact) mass is 178 g/mol. The molecule has 1 N–H and O–H groups in total. The minimum absolute atomic E-state index is 1.08. The fourth-order valence-electron chi connectivity index (χ4n) is 1.17. The molecule has 0 unspecified atom stereocenters. The Bertz CT molecular complexity index is 193. The molecule has 0 spiro atoms. The van der Waals surface area contributed by atoms with Crippen LogP contribution in [0.5, 0.6) is 0 Å². The van der Waals surface area contributed by atoms with E-state index in [2.05, 4.69) is 11.5 Å². The fraction of sp³-hybridized carbons (Fsp3) is 0.556. The second-order valence-electron chi connectivity index (χ2n) is 2.64. The van der Waals surface area contributed by atoms with Crippen molar-refractivity contribution in [2.24, 2.45) is 0 Å². The lowest BCUT2D eigenvalue weighted by Gasteiger charge is -2.09. The summed E-state index contributed by atoms with van der Waals surface area (Å²) in [7, 11) is 0. The van der Waals surface area contributed by atoms with Gasteiger partial charge in [-0.05, 0) is 25.9 Å². The van der Waals surface area contributed by atoms with E-state index >= 15 is 0 Å². The van der Waals surface area contributed by atoms with E-state index in [0.29, 0.717) is 0 Å². The maximum atomic E-state index is 7.48. The molecule has 1 aliphatic rings. The summed E-state index contributed by atoms with van der Waals surface area (Å²) in [6, 6.07) is 0. The van der Waals surface area contributed by atoms with Gasteiger partial charge in [-0.2, -0.15) is 10.5 Å². The Morgan fingerprint density at radius 3 is 2.15 bits per heavy atom. The molecule has 1 aliphatic heterocycles. The standard InChI is InChI=1S/C7H13N.C2HN3/c1-2-5-8-6-3-4-7-8;3-1-5-2-4/h2H,1,3-7H2;5H. The molecule has 4 heteroatoms. The summed E-state index contributed by atoms with van der Waals surface area (Å²) in [5.41, 5.74) is 0. The van der Waals surface area contributed by atoms with Crippen molar-refractivity contribution in [1.29, 1.82) is 10.5 Å². The third-order valence-corrected chi connectivity index (χ3v) is 1.70. The Kier molecular flexibility index (Phi) is 7.57. The lowest BCUT2D eigenvalue weighted by Crippen LogP contribution is -2.18. The van der Waals surface area contributed by atoms with Crippen LogP contribution in [0, 0.1) is 22.9 Å². The Morgan fingerprint density at radius 2 is 1.85 bits per heavy atom. The molecule has 0 saturated carbocycles. The first-order valence-electron chi connectivity index (χ1n) is 4.21. The van der Waals surface area contributed by atoms with E-state index in [4.69, 9.17) is 10.5 Å². The van der Waals surface area contributed by atoms with Gasteiger partial charge in [-0.1, -0.05) is 6.08 Å². The highest BCUT2D eigenvalue weighted by Crippen LogP contribution is 2.05. The summed E-state index contributed by atoms with van der Waals surface area (Å²) in [6.45, 7) is 7.33. The number of nitriles is 2. The van der Waals surface area contributed by atoms with E-state index in [1.807, 2.05) is 6.08 Å². The Morgan fingerprint density at radius 1 is 1.31 bits per heavy atom. The molecule has 4 nitrogen and oxygen atoms in total. The molecule has 0 aromatic rings. The highest BCUT2D eigenvalue weighted by Gasteiger charge is 2.07. The topological polar surface area (TPSA) is 62.9 Å². The van der Waals surface area contributed by atoms with Crippen molar-refractivity contribution in [1.82, 2.24) is 10.2 Å². The summed E-state index contributed by atoms with van der Waals surface area (Å²) in [5, 5.41) is 16.7. The third-order valence-electron chi connectivity index (χ3n) is 1.70. The van der Waals surface area contributed by atoms with Gasteiger partial charge in [0.05, 0.1) is 0 Å². The van der Waals surface area contributed by atoms with Crippen LogP contribution in [-0.4, -0.2) is 24.5 Å². The fourth-order valence-corrected chi connectivity index (χ4v) is 1.17. The minimum atomic E-state index is 1.08. The van der Waals surface area contributed by atoms with E-state index in [0.717, 1.165) is 6.54 Å². The SMILES string of the molecule is C=CCN1CCCC1.N#CNC#N. The Balaban J connectivity index is 0.000000252. The van der Waals surface area contributed by atoms with Gasteiger partial charge in [-0.15, -0.1) is 6.58 Å². The molecule has 13 heavy (non-hydrogen) atoms. The zero-order valence-corrected chi connectivity index (χ0v) is 7.66. The van der Waals surface area contributed by atoms with Crippen LogP contribution in [-0.2, 0) is 0 Å². The molecule has 0 bridgehead atoms. The maximum absolute atomic E-state index is 7.48. The number of rotatable bonds is 2. The van der Waals surface area contributed by atoms with Crippen LogP contribution in [0.2, 0.25) is 0 Å². The molecule has 1 rings (SSSR count). The first-order valence-corrected chi connectivity index (χ1v) is 4.21. The van der Waals surface area contributed by atoms with Gasteiger partial charge < -0.3 is 0 Å². The van der Waals surface area contributed by atoms with Crippen molar-refractivity contribution in [3.05, 3.63) is 12.7 Å². The first kappa shape index (κ1) is 11.5. The lowest BCUT2D eigenvalue weighted by atomic mass is 10.4. The first-order chi connectivity index (χ1) is 6.35. The molecule has 70 valence electrons. The number of hydrogen-bond donors (Lipinski definition) is 1. The van der Waals surface area contributed by atoms with Gasteiger partial charge in [0, 0.05) is 6.54 Å². The molecular formula is C9H14N4. The molecule has 1 saturated heterocycles. The Hall–Kier alpha value is -1.52. The van der Waals surface area contributed by atoms with Crippen LogP contribution in [0.15, 0.2) is 12.7 Å². The molecule has 0 atom stereocenters. The van der Waals surface area contributed by atoms with Gasteiger partial charge in [-0.3, -0.25) is 4.90 Å². The highest BCUT2D eigenvalue weighted by atomic mass is 15.1. The summed E-state index contributed by atoms with van der Waals surface area (Å²) >= 11 is 0. The zero-order valence-electron chi connectivity index (χ0n) is 7.66. The highest BCUT2D eigenvalue weighted by molar-refractivity contribution is 4.77. The molecule has 0 radical (unpaired) electrons. The van der Waals surface area contributed by atoms with E-state index in [1.165, 1.54) is 38.3 Å². The van der Waals surface area contributed by atoms with Gasteiger partial charge in [0.25, 0.3) is 0 Å². The van der Waals surface area contributed by atoms with Crippen molar-refractivity contribution < 1.29 is 0 Å². The average molecular weight is 178 g/mol. The molecule has 0 amide bonds. The van der Waals surface area contributed by atoms with E-state index in [1.54, 1.807) is 5.32 Å². The van der Waals surface area contributed by atoms with E-state index < -0.39 is 0 Å². The molecule has 0 aromatic carbocycles. The van der Waals surface area contributed by atoms with Crippen molar-refractivity contribution >= 4 is 0 Å². The molecule has 0 aliphatic carbocycles. The van der Waals surface area contributed by atoms with Gasteiger partial charge in [0.15, 0.2) is 12.4 Å². The number of hydrogen-bond acceptors (Lipinski definition) is 4. The predicted molar refractivity (Wildman–Crippen MR) is 50.2 cm³/mol. The van der Waals surface area contributed by atoms with Crippen molar-refractivity contribution in [2.45, 2.75) is 12.8 Å². The molecule has 1 fully saturated rings. The van der Waals surface area contributed by atoms with Crippen LogP contribution in [0.1, 0.15) is 12.8 Å². The predicted octanol–water partition coefficient (Wildman–Crippen LogP) is 0.806. The molecule has 0 aromatic heterocycles. The maximum Gasteiger partial charge on any atom is 0.190 e. The smallest absolute Gasteiger partial charge is 0.190 e. The van der Waals surface area contributed by atoms with Gasteiger partial charge in [0.2, 0.25) is 0 Å². The normalized spacial score (nSPS) is 14.6.